The molecule has 0 aliphatic rings. The number of nitrogens with zero attached hydrogens (tertiary/aromatic N) is 4. The van der Waals surface area contributed by atoms with Gasteiger partial charge >= 0.3 is 0 Å². The summed E-state index contributed by atoms with van der Waals surface area (Å²) in [7, 11) is -1.18. The van der Waals surface area contributed by atoms with Crippen molar-refractivity contribution in [3.05, 3.63) is 66.5 Å². The molecule has 29 heavy (non-hydrogen) atoms. The third kappa shape index (κ3) is 3.69. The molecule has 2 aromatic carbocycles. The Bertz CT molecular complexity index is 1300. The van der Waals surface area contributed by atoms with Gasteiger partial charge in [-0.2, -0.15) is 10.1 Å². The van der Waals surface area contributed by atoms with Crippen molar-refractivity contribution in [1.82, 2.24) is 24.6 Å². The van der Waals surface area contributed by atoms with Gasteiger partial charge in [0.15, 0.2) is 9.84 Å². The van der Waals surface area contributed by atoms with E-state index in [1.54, 1.807) is 24.5 Å². The largest absolute Gasteiger partial charge is 0.368 e. The smallest absolute Gasteiger partial charge is 0.242 e. The second-order valence-electron chi connectivity index (χ2n) is 7.16. The van der Waals surface area contributed by atoms with Crippen LogP contribution in [0.3, 0.4) is 0 Å². The number of anilines is 1. The number of hydrogen-bond donors (Lipinski definition) is 2. The highest BCUT2D eigenvalue weighted by Gasteiger charge is 2.34. The Morgan fingerprint density at radius 3 is 2.66 bits per heavy atom. The zero-order valence-corrected chi connectivity index (χ0v) is 16.9. The molecule has 1 atom stereocenters. The van der Waals surface area contributed by atoms with E-state index in [0.29, 0.717) is 11.4 Å². The Morgan fingerprint density at radius 1 is 1.10 bits per heavy atom. The predicted octanol–water partition coefficient (Wildman–Crippen LogP) is 3.08. The number of rotatable bonds is 5. The Labute approximate surface area is 168 Å². The number of nitrogen functional groups attached to an aromatic ring is 1. The van der Waals surface area contributed by atoms with Crippen LogP contribution in [0.1, 0.15) is 5.56 Å². The molecule has 0 spiro atoms. The fourth-order valence-corrected chi connectivity index (χ4v) is 4.24. The summed E-state index contributed by atoms with van der Waals surface area (Å²) in [5.41, 5.74) is 9.23. The van der Waals surface area contributed by atoms with E-state index in [2.05, 4.69) is 20.2 Å². The van der Waals surface area contributed by atoms with Crippen molar-refractivity contribution < 1.29 is 8.42 Å². The maximum Gasteiger partial charge on any atom is 0.242 e. The number of aromatic amines is 1. The Kier molecular flexibility index (Phi) is 4.56. The standard InChI is InChI=1S/C20H21N6O2S/c1-26(19-8-9-22-20(21)24-19,17-7-6-15-12-23-25-18(15)11-17)16-5-3-4-14(10-16)13-29(2,27)28/h3-12H,13H2,1-2H3,(H,23,25)(H2,21,22,24)/q+1. The second kappa shape index (κ2) is 6.94. The van der Waals surface area contributed by atoms with Crippen molar-refractivity contribution in [2.24, 2.45) is 0 Å². The number of benzene rings is 2. The van der Waals surface area contributed by atoms with Crippen LogP contribution in [-0.2, 0) is 15.6 Å². The molecule has 0 aliphatic carbocycles. The number of hydrogen-bond acceptors (Lipinski definition) is 6. The summed E-state index contributed by atoms with van der Waals surface area (Å²) in [4.78, 5) is 8.47. The average Bonchev–Trinajstić information content (AvgIpc) is 3.14. The lowest BCUT2D eigenvalue weighted by atomic mass is 10.1. The van der Waals surface area contributed by atoms with Crippen molar-refractivity contribution in [2.45, 2.75) is 5.75 Å². The zero-order valence-electron chi connectivity index (χ0n) is 16.1. The Balaban J connectivity index is 1.95. The van der Waals surface area contributed by atoms with E-state index in [9.17, 15) is 8.42 Å². The van der Waals surface area contributed by atoms with Gasteiger partial charge < -0.3 is 5.73 Å². The van der Waals surface area contributed by atoms with Gasteiger partial charge in [-0.15, -0.1) is 0 Å². The Hall–Kier alpha value is -3.30. The second-order valence-corrected chi connectivity index (χ2v) is 9.30. The molecule has 0 amide bonds. The van der Waals surface area contributed by atoms with Gasteiger partial charge in [-0.1, -0.05) is 12.1 Å². The van der Waals surface area contributed by atoms with Crippen LogP contribution in [-0.4, -0.2) is 41.9 Å². The molecule has 0 aliphatic heterocycles. The minimum absolute atomic E-state index is 0.0354. The molecule has 4 rings (SSSR count). The lowest BCUT2D eigenvalue weighted by molar-refractivity contribution is 0.600. The van der Waals surface area contributed by atoms with Crippen molar-refractivity contribution >= 4 is 43.9 Å². The number of H-pyrrole nitrogens is 1. The summed E-state index contributed by atoms with van der Waals surface area (Å²) >= 11 is 0. The van der Waals surface area contributed by atoms with Crippen LogP contribution in [0.15, 0.2) is 60.9 Å². The molecular weight excluding hydrogens is 388 g/mol. The average molecular weight is 409 g/mol. The lowest BCUT2D eigenvalue weighted by Gasteiger charge is -2.32. The number of nitrogens with two attached hydrogens (primary N) is 1. The first kappa shape index (κ1) is 19.0. The SMILES string of the molecule is C[N+](c1cccc(CS(C)(=O)=O)c1)(c1ccc2cn[nH]c2c1)c1ccnc(N)n1. The molecule has 9 heteroatoms. The highest BCUT2D eigenvalue weighted by Crippen LogP contribution is 2.42. The van der Waals surface area contributed by atoms with Crippen LogP contribution in [0.25, 0.3) is 10.9 Å². The molecule has 1 unspecified atom stereocenters. The minimum Gasteiger partial charge on any atom is -0.368 e. The molecule has 4 aromatic rings. The van der Waals surface area contributed by atoms with Gasteiger partial charge in [0.1, 0.15) is 11.4 Å². The van der Waals surface area contributed by atoms with Crippen molar-refractivity contribution in [2.75, 3.05) is 19.0 Å². The highest BCUT2D eigenvalue weighted by molar-refractivity contribution is 7.89. The molecular formula is C20H21N6O2S+. The molecule has 2 aromatic heterocycles. The van der Waals surface area contributed by atoms with Crippen LogP contribution in [0, 0.1) is 0 Å². The summed E-state index contributed by atoms with van der Waals surface area (Å²) in [6.45, 7) is 0. The van der Waals surface area contributed by atoms with Crippen molar-refractivity contribution in [3.63, 3.8) is 0 Å². The van der Waals surface area contributed by atoms with Crippen LogP contribution >= 0.6 is 0 Å². The van der Waals surface area contributed by atoms with Crippen molar-refractivity contribution in [1.29, 1.82) is 0 Å². The Morgan fingerprint density at radius 2 is 1.90 bits per heavy atom. The number of fused-ring (bicyclic) bond motifs is 1. The first-order chi connectivity index (χ1) is 13.8. The van der Waals surface area contributed by atoms with E-state index >= 15 is 0 Å². The highest BCUT2D eigenvalue weighted by atomic mass is 32.2. The first-order valence-corrected chi connectivity index (χ1v) is 11.0. The third-order valence-corrected chi connectivity index (χ3v) is 5.77. The molecule has 0 saturated heterocycles. The van der Waals surface area contributed by atoms with E-state index < -0.39 is 9.84 Å². The molecule has 2 heterocycles. The van der Waals surface area contributed by atoms with Crippen LogP contribution in [0.2, 0.25) is 0 Å². The topological polar surface area (TPSA) is 115 Å². The molecule has 148 valence electrons. The summed E-state index contributed by atoms with van der Waals surface area (Å²) in [6, 6.07) is 15.3. The van der Waals surface area contributed by atoms with E-state index in [-0.39, 0.29) is 16.2 Å². The van der Waals surface area contributed by atoms with Gasteiger partial charge in [-0.25, -0.2) is 17.9 Å². The van der Waals surface area contributed by atoms with Gasteiger partial charge in [-0.05, 0) is 11.6 Å². The van der Waals surface area contributed by atoms with E-state index in [1.165, 1.54) is 6.26 Å². The number of sulfone groups is 1. The van der Waals surface area contributed by atoms with Gasteiger partial charge in [0.25, 0.3) is 0 Å². The number of aromatic nitrogens is 4. The maximum atomic E-state index is 11.8. The van der Waals surface area contributed by atoms with Gasteiger partial charge in [0.2, 0.25) is 11.8 Å². The summed E-state index contributed by atoms with van der Waals surface area (Å²) < 4.78 is 23.8. The normalized spacial score (nSPS) is 14.0. The fraction of sp³-hybridized carbons (Fsp3) is 0.150. The minimum atomic E-state index is -3.16. The summed E-state index contributed by atoms with van der Waals surface area (Å²) in [6.07, 6.45) is 4.60. The quantitative estimate of drug-likeness (QED) is 0.490. The molecule has 0 saturated carbocycles. The van der Waals surface area contributed by atoms with Gasteiger partial charge in [0.05, 0.1) is 24.5 Å². The van der Waals surface area contributed by atoms with Crippen LogP contribution in [0.4, 0.5) is 23.1 Å². The predicted molar refractivity (Wildman–Crippen MR) is 115 cm³/mol. The van der Waals surface area contributed by atoms with E-state index in [1.807, 2.05) is 43.4 Å². The molecule has 0 bridgehead atoms. The van der Waals surface area contributed by atoms with Crippen LogP contribution in [0.5, 0.6) is 0 Å². The number of quaternary nitrogens is 1. The first-order valence-electron chi connectivity index (χ1n) is 8.92. The third-order valence-electron chi connectivity index (χ3n) is 4.92. The van der Waals surface area contributed by atoms with Gasteiger partial charge in [-0.3, -0.25) is 5.10 Å². The maximum absolute atomic E-state index is 11.8. The summed E-state index contributed by atoms with van der Waals surface area (Å²) in [5.74, 6) is 0.793. The van der Waals surface area contributed by atoms with Crippen LogP contribution < -0.4 is 10.2 Å². The van der Waals surface area contributed by atoms with E-state index in [0.717, 1.165) is 22.3 Å². The number of nitrogens with one attached hydrogen (secondary N) is 1. The molecule has 3 N–H and O–H groups in total. The lowest BCUT2D eigenvalue weighted by Crippen LogP contribution is -2.35. The molecule has 0 fully saturated rings. The van der Waals surface area contributed by atoms with Gasteiger partial charge in [0, 0.05) is 48.2 Å². The van der Waals surface area contributed by atoms with Crippen molar-refractivity contribution in [3.8, 4) is 0 Å². The monoisotopic (exact) mass is 409 g/mol. The zero-order chi connectivity index (χ0) is 20.6. The van der Waals surface area contributed by atoms with E-state index in [4.69, 9.17) is 5.73 Å². The molecule has 0 radical (unpaired) electrons. The fourth-order valence-electron chi connectivity index (χ4n) is 3.46. The summed E-state index contributed by atoms with van der Waals surface area (Å²) in [5, 5.41) is 8.08. The molecule has 8 nitrogen and oxygen atoms in total.